The first-order chi connectivity index (χ1) is 10.1. The van der Waals surface area contributed by atoms with E-state index in [2.05, 4.69) is 60.8 Å². The minimum atomic E-state index is -4.26. The summed E-state index contributed by atoms with van der Waals surface area (Å²) in [4.78, 5) is 0. The largest absolute Gasteiger partial charge is 0.416 e. The summed E-state index contributed by atoms with van der Waals surface area (Å²) < 4.78 is 43.4. The van der Waals surface area contributed by atoms with Crippen molar-refractivity contribution in [1.82, 2.24) is 12.1 Å². The zero-order valence-electron chi connectivity index (χ0n) is 11.7. The Morgan fingerprint density at radius 2 is 1.50 bits per heavy atom. The molecule has 22 heavy (non-hydrogen) atoms. The van der Waals surface area contributed by atoms with Gasteiger partial charge in [-0.3, -0.25) is 0 Å². The van der Waals surface area contributed by atoms with Gasteiger partial charge in [0.2, 0.25) is 0 Å². The molecule has 0 saturated carbocycles. The quantitative estimate of drug-likeness (QED) is 0.447. The number of benzene rings is 1. The van der Waals surface area contributed by atoms with Crippen molar-refractivity contribution in [2.24, 2.45) is 14.1 Å². The van der Waals surface area contributed by atoms with Crippen molar-refractivity contribution in [2.45, 2.75) is 12.7 Å². The zero-order chi connectivity index (χ0) is 16.9. The maximum absolute atomic E-state index is 12.2. The van der Waals surface area contributed by atoms with Gasteiger partial charge >= 0.3 is 65.0 Å². The number of rotatable bonds is 2. The standard InChI is InChI=1S/C8H6Br2F3N.C5H8N2.Pt/c9-14(10)5-6-1-3-7(4-2-6)8(11,12)13;1-6-3-4-7(2)5-6;/h1-4H,5H2;3-4H,1-2H3;. The van der Waals surface area contributed by atoms with Gasteiger partial charge in [0.1, 0.15) is 0 Å². The van der Waals surface area contributed by atoms with Crippen LogP contribution in [0.25, 0.3) is 0 Å². The Labute approximate surface area is 154 Å². The number of aromatic nitrogens is 2. The monoisotopic (exact) mass is 622 g/mol. The number of alkyl halides is 3. The third-order valence-corrected chi connectivity index (χ3v) is 4.74. The van der Waals surface area contributed by atoms with E-state index in [-0.39, 0.29) is 0 Å². The average Bonchev–Trinajstić information content (AvgIpc) is 2.70. The fourth-order valence-corrected chi connectivity index (χ4v) is 2.42. The molecule has 0 aliphatic carbocycles. The molecule has 0 atom stereocenters. The van der Waals surface area contributed by atoms with Gasteiger partial charge < -0.3 is 0 Å². The van der Waals surface area contributed by atoms with Crippen LogP contribution >= 0.6 is 32.3 Å². The van der Waals surface area contributed by atoms with Crippen molar-refractivity contribution in [2.75, 3.05) is 0 Å². The smallest absolute Gasteiger partial charge is 0.173 e. The fourth-order valence-electron chi connectivity index (χ4n) is 1.50. The van der Waals surface area contributed by atoms with Crippen LogP contribution in [-0.2, 0) is 46.2 Å². The molecular weight excluding hydrogens is 610 g/mol. The minimum Gasteiger partial charge on any atom is -0.173 e. The Balaban J connectivity index is 0.000000255. The molecule has 0 fully saturated rings. The van der Waals surface area contributed by atoms with E-state index in [1.54, 1.807) is 0 Å². The van der Waals surface area contributed by atoms with E-state index in [1.165, 1.54) is 18.9 Å². The van der Waals surface area contributed by atoms with Crippen molar-refractivity contribution in [3.63, 3.8) is 0 Å². The van der Waals surface area contributed by atoms with Crippen molar-refractivity contribution in [3.8, 4) is 0 Å². The molecule has 1 aromatic carbocycles. The van der Waals surface area contributed by atoms with Crippen LogP contribution in [0.3, 0.4) is 0 Å². The fraction of sp³-hybridized carbons (Fsp3) is 0.308. The first-order valence-electron chi connectivity index (χ1n) is 6.00. The topological polar surface area (TPSA) is 13.1 Å². The van der Waals surface area contributed by atoms with Gasteiger partial charge in [-0.25, -0.2) is 0 Å². The predicted molar refractivity (Wildman–Crippen MR) is 82.5 cm³/mol. The molecule has 3 nitrogen and oxygen atoms in total. The molecule has 0 aliphatic rings. The molecule has 0 bridgehead atoms. The maximum atomic E-state index is 12.2. The Bertz CT molecular complexity index is 625. The molecule has 1 aromatic heterocycles. The Hall–Kier alpha value is -0.172. The zero-order valence-corrected chi connectivity index (χ0v) is 17.2. The van der Waals surface area contributed by atoms with Crippen LogP contribution in [0, 0.1) is 3.80 Å². The second kappa shape index (κ2) is 8.62. The van der Waals surface area contributed by atoms with Gasteiger partial charge in [0.05, 0.1) is 5.56 Å². The minimum absolute atomic E-state index is 0.484. The molecular formula is C13H14Br2F3N3Pt. The number of hydrogen-bond donors (Lipinski definition) is 0. The molecule has 9 heteroatoms. The Morgan fingerprint density at radius 3 is 1.77 bits per heavy atom. The van der Waals surface area contributed by atoms with Crippen LogP contribution < -0.4 is 0 Å². The summed E-state index contributed by atoms with van der Waals surface area (Å²) in [5.74, 6) is 0. The van der Waals surface area contributed by atoms with Gasteiger partial charge in [-0.1, -0.05) is 12.1 Å². The van der Waals surface area contributed by atoms with Crippen LogP contribution in [0.15, 0.2) is 36.7 Å². The van der Waals surface area contributed by atoms with E-state index in [9.17, 15) is 13.2 Å². The summed E-state index contributed by atoms with van der Waals surface area (Å²) in [6.07, 6.45) is -0.203. The summed E-state index contributed by atoms with van der Waals surface area (Å²) in [5.41, 5.74) is 0.156. The summed E-state index contributed by atoms with van der Waals surface area (Å²) in [7, 11) is 4.06. The van der Waals surface area contributed by atoms with E-state index in [0.29, 0.717) is 6.54 Å². The van der Waals surface area contributed by atoms with Crippen molar-refractivity contribution < 1.29 is 32.5 Å². The van der Waals surface area contributed by atoms with Crippen molar-refractivity contribution in [3.05, 3.63) is 51.6 Å². The second-order valence-corrected chi connectivity index (χ2v) is 8.10. The number of halogens is 5. The van der Waals surface area contributed by atoms with Crippen LogP contribution in [0.2, 0.25) is 0 Å². The molecule has 2 aromatic rings. The van der Waals surface area contributed by atoms with Crippen LogP contribution in [0.5, 0.6) is 0 Å². The van der Waals surface area contributed by atoms with Gasteiger partial charge in [0.15, 0.2) is 0 Å². The van der Waals surface area contributed by atoms with E-state index in [4.69, 9.17) is 0 Å². The van der Waals surface area contributed by atoms with Crippen LogP contribution in [-0.4, -0.2) is 12.1 Å². The van der Waals surface area contributed by atoms with E-state index in [0.717, 1.165) is 17.7 Å². The first kappa shape index (κ1) is 19.9. The molecule has 126 valence electrons. The van der Waals surface area contributed by atoms with Crippen molar-refractivity contribution >= 4 is 32.3 Å². The molecule has 0 spiro atoms. The summed E-state index contributed by atoms with van der Waals surface area (Å²) in [5, 5.41) is 0. The molecule has 0 N–H and O–H groups in total. The van der Waals surface area contributed by atoms with E-state index in [1.807, 2.05) is 26.5 Å². The van der Waals surface area contributed by atoms with Crippen LogP contribution in [0.4, 0.5) is 13.2 Å². The van der Waals surface area contributed by atoms with Crippen molar-refractivity contribution in [1.29, 1.82) is 0 Å². The Morgan fingerprint density at radius 1 is 1.05 bits per heavy atom. The number of nitrogens with zero attached hydrogens (tertiary/aromatic N) is 3. The molecule has 0 aliphatic heterocycles. The molecule has 2 rings (SSSR count). The average molecular weight is 624 g/mol. The third kappa shape index (κ3) is 6.52. The normalized spacial score (nSPS) is 11.4. The number of hydrogen-bond acceptors (Lipinski definition) is 1. The second-order valence-electron chi connectivity index (χ2n) is 4.42. The number of aryl methyl sites for hydroxylation is 2. The molecule has 0 unspecified atom stereocenters. The van der Waals surface area contributed by atoms with E-state index < -0.39 is 11.7 Å². The predicted octanol–water partition coefficient (Wildman–Crippen LogP) is 4.57. The Kier molecular flexibility index (Phi) is 7.78. The van der Waals surface area contributed by atoms with Gasteiger partial charge in [-0.15, -0.1) is 0 Å². The molecule has 1 heterocycles. The van der Waals surface area contributed by atoms with Gasteiger partial charge in [0.25, 0.3) is 0 Å². The summed E-state index contributed by atoms with van der Waals surface area (Å²) >= 11 is 8.47. The SMILES string of the molecule is Cn1ccn(C)[c]1=[Pt].FC(F)(F)c1ccc(CN(Br)Br)cc1. The summed E-state index contributed by atoms with van der Waals surface area (Å²) in [6.45, 7) is 0.484. The van der Waals surface area contributed by atoms with Gasteiger partial charge in [-0.2, -0.15) is 16.1 Å². The maximum Gasteiger partial charge on any atom is 0.416 e. The van der Waals surface area contributed by atoms with Gasteiger partial charge in [-0.05, 0) is 17.7 Å². The van der Waals surface area contributed by atoms with E-state index >= 15 is 0 Å². The van der Waals surface area contributed by atoms with Crippen LogP contribution in [0.1, 0.15) is 11.1 Å². The van der Waals surface area contributed by atoms with Gasteiger partial charge in [0, 0.05) is 38.8 Å². The molecule has 0 radical (unpaired) electrons. The third-order valence-electron chi connectivity index (χ3n) is 2.64. The molecule has 0 amide bonds. The first-order valence-corrected chi connectivity index (χ1v) is 8.55. The molecule has 0 saturated heterocycles. The summed E-state index contributed by atoms with van der Waals surface area (Å²) in [6, 6.07) is 5.02. The number of imidazole rings is 1.